The summed E-state index contributed by atoms with van der Waals surface area (Å²) in [7, 11) is 0. The number of benzene rings is 1. The second kappa shape index (κ2) is 6.50. The first-order valence-electron chi connectivity index (χ1n) is 8.58. The summed E-state index contributed by atoms with van der Waals surface area (Å²) < 4.78 is 12.0. The van der Waals surface area contributed by atoms with Gasteiger partial charge in [0, 0.05) is 12.8 Å². The van der Waals surface area contributed by atoms with E-state index in [0.717, 1.165) is 32.0 Å². The van der Waals surface area contributed by atoms with Gasteiger partial charge in [-0.25, -0.2) is 0 Å². The van der Waals surface area contributed by atoms with E-state index in [2.05, 4.69) is 44.2 Å². The zero-order valence-electron chi connectivity index (χ0n) is 13.4. The molecule has 1 spiro atoms. The zero-order chi connectivity index (χ0) is 14.7. The molecule has 1 aliphatic carbocycles. The van der Waals surface area contributed by atoms with Crippen LogP contribution in [0.15, 0.2) is 30.3 Å². The topological polar surface area (TPSA) is 18.5 Å². The predicted molar refractivity (Wildman–Crippen MR) is 85.1 cm³/mol. The molecule has 1 saturated carbocycles. The van der Waals surface area contributed by atoms with Crippen LogP contribution in [0.25, 0.3) is 0 Å². The lowest BCUT2D eigenvalue weighted by Gasteiger charge is -2.46. The molecule has 2 heteroatoms. The van der Waals surface area contributed by atoms with E-state index in [1.165, 1.54) is 24.8 Å². The Labute approximate surface area is 128 Å². The van der Waals surface area contributed by atoms with Gasteiger partial charge < -0.3 is 9.47 Å². The van der Waals surface area contributed by atoms with E-state index >= 15 is 0 Å². The Balaban J connectivity index is 1.78. The van der Waals surface area contributed by atoms with Gasteiger partial charge in [0.2, 0.25) is 0 Å². The Morgan fingerprint density at radius 1 is 0.952 bits per heavy atom. The number of hydrogen-bond acceptors (Lipinski definition) is 2. The first-order chi connectivity index (χ1) is 10.3. The van der Waals surface area contributed by atoms with Crippen LogP contribution in [0.5, 0.6) is 0 Å². The summed E-state index contributed by atoms with van der Waals surface area (Å²) in [6.07, 6.45) is 5.81. The zero-order valence-corrected chi connectivity index (χ0v) is 13.4. The Morgan fingerprint density at radius 3 is 2.05 bits per heavy atom. The SMILES string of the molecule is CC[C@@H]1CC2(C[C@H](CC)C1Cc1ccccc1)OCCO2. The van der Waals surface area contributed by atoms with Gasteiger partial charge in [-0.15, -0.1) is 0 Å². The van der Waals surface area contributed by atoms with E-state index in [1.54, 1.807) is 0 Å². The first-order valence-corrected chi connectivity index (χ1v) is 8.58. The summed E-state index contributed by atoms with van der Waals surface area (Å²) in [6.45, 7) is 6.19. The minimum absolute atomic E-state index is 0.255. The monoisotopic (exact) mass is 288 g/mol. The van der Waals surface area contributed by atoms with E-state index in [4.69, 9.17) is 9.47 Å². The van der Waals surface area contributed by atoms with Crippen LogP contribution in [0, 0.1) is 17.8 Å². The van der Waals surface area contributed by atoms with Crippen molar-refractivity contribution in [3.63, 3.8) is 0 Å². The average Bonchev–Trinajstić information content (AvgIpc) is 2.97. The molecular weight excluding hydrogens is 260 g/mol. The molecular formula is C19H28O2. The van der Waals surface area contributed by atoms with Crippen LogP contribution in [0.3, 0.4) is 0 Å². The van der Waals surface area contributed by atoms with E-state index in [9.17, 15) is 0 Å². The van der Waals surface area contributed by atoms with Crippen molar-refractivity contribution in [1.82, 2.24) is 0 Å². The van der Waals surface area contributed by atoms with Crippen molar-refractivity contribution in [2.45, 2.75) is 51.7 Å². The van der Waals surface area contributed by atoms with Crippen molar-refractivity contribution in [2.24, 2.45) is 17.8 Å². The molecule has 0 amide bonds. The molecule has 116 valence electrons. The minimum atomic E-state index is -0.255. The average molecular weight is 288 g/mol. The molecule has 3 rings (SSSR count). The van der Waals surface area contributed by atoms with Crippen molar-refractivity contribution in [1.29, 1.82) is 0 Å². The van der Waals surface area contributed by atoms with Crippen molar-refractivity contribution in [2.75, 3.05) is 13.2 Å². The fourth-order valence-electron chi connectivity index (χ4n) is 4.42. The normalized spacial score (nSPS) is 31.6. The summed E-state index contributed by atoms with van der Waals surface area (Å²) in [5.74, 6) is 1.93. The highest BCUT2D eigenvalue weighted by molar-refractivity contribution is 5.16. The van der Waals surface area contributed by atoms with Gasteiger partial charge in [0.15, 0.2) is 5.79 Å². The largest absolute Gasteiger partial charge is 0.348 e. The molecule has 1 aromatic rings. The molecule has 1 aromatic carbocycles. The van der Waals surface area contributed by atoms with Gasteiger partial charge in [0.05, 0.1) is 13.2 Å². The lowest BCUT2D eigenvalue weighted by Crippen LogP contribution is -2.45. The van der Waals surface area contributed by atoms with Crippen LogP contribution in [0.2, 0.25) is 0 Å². The maximum absolute atomic E-state index is 6.02. The van der Waals surface area contributed by atoms with Gasteiger partial charge in [-0.2, -0.15) is 0 Å². The van der Waals surface area contributed by atoms with E-state index in [-0.39, 0.29) is 5.79 Å². The third kappa shape index (κ3) is 3.17. The van der Waals surface area contributed by atoms with Gasteiger partial charge in [-0.05, 0) is 29.7 Å². The van der Waals surface area contributed by atoms with Crippen LogP contribution < -0.4 is 0 Å². The maximum Gasteiger partial charge on any atom is 0.169 e. The Hall–Kier alpha value is -0.860. The maximum atomic E-state index is 6.02. The van der Waals surface area contributed by atoms with Crippen molar-refractivity contribution < 1.29 is 9.47 Å². The van der Waals surface area contributed by atoms with Crippen molar-refractivity contribution in [3.05, 3.63) is 35.9 Å². The van der Waals surface area contributed by atoms with Crippen LogP contribution in [0.1, 0.15) is 45.1 Å². The number of rotatable bonds is 4. The highest BCUT2D eigenvalue weighted by Gasteiger charge is 2.48. The Morgan fingerprint density at radius 2 is 1.52 bits per heavy atom. The second-order valence-electron chi connectivity index (χ2n) is 6.71. The smallest absolute Gasteiger partial charge is 0.169 e. The molecule has 0 N–H and O–H groups in total. The molecule has 21 heavy (non-hydrogen) atoms. The predicted octanol–water partition coefficient (Wildman–Crippen LogP) is 4.43. The highest BCUT2D eigenvalue weighted by Crippen LogP contribution is 2.48. The summed E-state index contributed by atoms with van der Waals surface area (Å²) in [5, 5.41) is 0. The van der Waals surface area contributed by atoms with Gasteiger partial charge in [-0.3, -0.25) is 0 Å². The molecule has 0 bridgehead atoms. The van der Waals surface area contributed by atoms with Crippen LogP contribution in [0.4, 0.5) is 0 Å². The molecule has 1 unspecified atom stereocenters. The van der Waals surface area contributed by atoms with Gasteiger partial charge >= 0.3 is 0 Å². The van der Waals surface area contributed by atoms with Crippen LogP contribution in [-0.4, -0.2) is 19.0 Å². The minimum Gasteiger partial charge on any atom is -0.348 e. The molecule has 1 heterocycles. The number of hydrogen-bond donors (Lipinski definition) is 0. The van der Waals surface area contributed by atoms with Gasteiger partial charge in [-0.1, -0.05) is 57.0 Å². The Kier molecular flexibility index (Phi) is 4.66. The van der Waals surface area contributed by atoms with Gasteiger partial charge in [0.25, 0.3) is 0 Å². The number of ether oxygens (including phenoxy) is 2. The third-order valence-corrected chi connectivity index (χ3v) is 5.53. The second-order valence-corrected chi connectivity index (χ2v) is 6.71. The standard InChI is InChI=1S/C19H28O2/c1-3-16-13-19(20-10-11-21-19)14-17(4-2)18(16)12-15-8-6-5-7-9-15/h5-9,16-18H,3-4,10-14H2,1-2H3/t16-,17+,18?. The van der Waals surface area contributed by atoms with Gasteiger partial charge in [0.1, 0.15) is 0 Å². The van der Waals surface area contributed by atoms with Crippen LogP contribution >= 0.6 is 0 Å². The molecule has 2 nitrogen and oxygen atoms in total. The Bertz CT molecular complexity index is 420. The van der Waals surface area contributed by atoms with E-state index < -0.39 is 0 Å². The van der Waals surface area contributed by atoms with E-state index in [0.29, 0.717) is 11.8 Å². The molecule has 3 atom stereocenters. The van der Waals surface area contributed by atoms with E-state index in [1.807, 2.05) is 0 Å². The third-order valence-electron chi connectivity index (χ3n) is 5.53. The molecule has 0 aromatic heterocycles. The summed E-state index contributed by atoms with van der Waals surface area (Å²) in [4.78, 5) is 0. The lowest BCUT2D eigenvalue weighted by atomic mass is 9.65. The molecule has 2 aliphatic rings. The van der Waals surface area contributed by atoms with Crippen molar-refractivity contribution in [3.8, 4) is 0 Å². The lowest BCUT2D eigenvalue weighted by molar-refractivity contribution is -0.209. The molecule has 1 aliphatic heterocycles. The molecule has 0 radical (unpaired) electrons. The quantitative estimate of drug-likeness (QED) is 0.815. The summed E-state index contributed by atoms with van der Waals surface area (Å²) in [6, 6.07) is 11.0. The van der Waals surface area contributed by atoms with Crippen LogP contribution in [-0.2, 0) is 15.9 Å². The summed E-state index contributed by atoms with van der Waals surface area (Å²) >= 11 is 0. The molecule has 1 saturated heterocycles. The fraction of sp³-hybridized carbons (Fsp3) is 0.684. The first kappa shape index (κ1) is 15.1. The fourth-order valence-corrected chi connectivity index (χ4v) is 4.42. The summed E-state index contributed by atoms with van der Waals surface area (Å²) in [5.41, 5.74) is 1.48. The van der Waals surface area contributed by atoms with Crippen molar-refractivity contribution >= 4 is 0 Å². The molecule has 2 fully saturated rings. The highest BCUT2D eigenvalue weighted by atomic mass is 16.7.